The van der Waals surface area contributed by atoms with Gasteiger partial charge in [-0.25, -0.2) is 13.2 Å². The van der Waals surface area contributed by atoms with E-state index in [2.05, 4.69) is 9.71 Å². The van der Waals surface area contributed by atoms with Crippen molar-refractivity contribution in [3.63, 3.8) is 0 Å². The summed E-state index contributed by atoms with van der Waals surface area (Å²) >= 11 is 0. The number of rotatable bonds is 3. The summed E-state index contributed by atoms with van der Waals surface area (Å²) < 4.78 is 29.0. The maximum Gasteiger partial charge on any atom is 0.326 e. The monoisotopic (exact) mass is 331 g/mol. The molecule has 0 amide bonds. The molecule has 1 heterocycles. The first-order valence-corrected chi connectivity index (χ1v) is 8.55. The number of hydrogen-bond donors (Lipinski definition) is 2. The van der Waals surface area contributed by atoms with Crippen LogP contribution in [0, 0.1) is 13.8 Å². The Morgan fingerprint density at radius 3 is 2.48 bits per heavy atom. The smallest absolute Gasteiger partial charge is 0.305 e. The topological polar surface area (TPSA) is 84.0 Å². The van der Waals surface area contributed by atoms with E-state index < -0.39 is 10.0 Å². The average Bonchev–Trinajstić information content (AvgIpc) is 2.76. The summed E-state index contributed by atoms with van der Waals surface area (Å²) in [5, 5.41) is 0. The number of aromatic nitrogens is 2. The molecule has 0 aliphatic rings. The number of nitrogens with zero attached hydrogens (tertiary/aromatic N) is 1. The van der Waals surface area contributed by atoms with Crippen molar-refractivity contribution in [2.24, 2.45) is 7.05 Å². The van der Waals surface area contributed by atoms with Gasteiger partial charge in [-0.05, 0) is 55.3 Å². The molecule has 0 saturated carbocycles. The van der Waals surface area contributed by atoms with Gasteiger partial charge >= 0.3 is 5.69 Å². The predicted molar refractivity (Wildman–Crippen MR) is 90.3 cm³/mol. The number of H-pyrrole nitrogens is 1. The van der Waals surface area contributed by atoms with Gasteiger partial charge in [0.1, 0.15) is 0 Å². The van der Waals surface area contributed by atoms with Crippen molar-refractivity contribution in [3.8, 4) is 0 Å². The summed E-state index contributed by atoms with van der Waals surface area (Å²) in [6, 6.07) is 9.94. The number of aromatic amines is 1. The van der Waals surface area contributed by atoms with E-state index in [1.807, 2.05) is 13.8 Å². The third kappa shape index (κ3) is 2.75. The van der Waals surface area contributed by atoms with Crippen LogP contribution in [0.5, 0.6) is 0 Å². The molecule has 0 fully saturated rings. The van der Waals surface area contributed by atoms with E-state index in [0.717, 1.165) is 11.1 Å². The molecule has 1 aromatic heterocycles. The summed E-state index contributed by atoms with van der Waals surface area (Å²) in [6.07, 6.45) is 0. The van der Waals surface area contributed by atoms with Crippen LogP contribution in [0.4, 0.5) is 5.69 Å². The van der Waals surface area contributed by atoms with Gasteiger partial charge < -0.3 is 4.98 Å². The molecule has 0 saturated heterocycles. The number of sulfonamides is 1. The van der Waals surface area contributed by atoms with Crippen molar-refractivity contribution in [3.05, 3.63) is 58.0 Å². The Labute approximate surface area is 133 Å². The minimum atomic E-state index is -3.67. The molecule has 120 valence electrons. The Hall–Kier alpha value is -2.54. The van der Waals surface area contributed by atoms with E-state index in [9.17, 15) is 13.2 Å². The predicted octanol–water partition coefficient (Wildman–Crippen LogP) is 2.28. The minimum Gasteiger partial charge on any atom is -0.305 e. The number of nitrogens with one attached hydrogen (secondary N) is 2. The fourth-order valence-electron chi connectivity index (χ4n) is 2.40. The molecule has 0 radical (unpaired) electrons. The fraction of sp³-hybridized carbons (Fsp3) is 0.188. The summed E-state index contributed by atoms with van der Waals surface area (Å²) in [5.74, 6) is 0. The molecule has 0 spiro atoms. The largest absolute Gasteiger partial charge is 0.326 e. The highest BCUT2D eigenvalue weighted by Gasteiger charge is 2.15. The summed E-state index contributed by atoms with van der Waals surface area (Å²) in [5.41, 5.74) is 3.40. The van der Waals surface area contributed by atoms with Crippen molar-refractivity contribution in [1.29, 1.82) is 0 Å². The van der Waals surface area contributed by atoms with E-state index in [1.165, 1.54) is 4.57 Å². The van der Waals surface area contributed by atoms with Gasteiger partial charge in [-0.2, -0.15) is 0 Å². The molecule has 0 aliphatic heterocycles. The molecule has 7 heteroatoms. The van der Waals surface area contributed by atoms with E-state index >= 15 is 0 Å². The second kappa shape index (κ2) is 5.27. The molecule has 2 N–H and O–H groups in total. The lowest BCUT2D eigenvalue weighted by Crippen LogP contribution is -2.13. The molecule has 6 nitrogen and oxygen atoms in total. The molecular weight excluding hydrogens is 314 g/mol. The molecule has 3 rings (SSSR count). The van der Waals surface area contributed by atoms with Crippen LogP contribution < -0.4 is 10.4 Å². The molecule has 0 aliphatic carbocycles. The summed E-state index contributed by atoms with van der Waals surface area (Å²) in [7, 11) is -2.02. The average molecular weight is 331 g/mol. The Morgan fingerprint density at radius 2 is 1.78 bits per heavy atom. The van der Waals surface area contributed by atoms with Crippen LogP contribution in [0.15, 0.2) is 46.1 Å². The first-order chi connectivity index (χ1) is 10.8. The highest BCUT2D eigenvalue weighted by Crippen LogP contribution is 2.21. The Kier molecular flexibility index (Phi) is 3.52. The second-order valence-corrected chi connectivity index (χ2v) is 7.26. The van der Waals surface area contributed by atoms with Gasteiger partial charge in [0.05, 0.1) is 21.6 Å². The van der Waals surface area contributed by atoms with Crippen molar-refractivity contribution >= 4 is 26.7 Å². The molecule has 0 atom stereocenters. The maximum atomic E-state index is 12.5. The number of fused-ring (bicyclic) bond motifs is 1. The van der Waals surface area contributed by atoms with Crippen molar-refractivity contribution < 1.29 is 8.42 Å². The summed E-state index contributed by atoms with van der Waals surface area (Å²) in [6.45, 7) is 3.80. The van der Waals surface area contributed by atoms with Crippen LogP contribution in [-0.4, -0.2) is 18.0 Å². The highest BCUT2D eigenvalue weighted by molar-refractivity contribution is 7.92. The van der Waals surface area contributed by atoms with E-state index in [-0.39, 0.29) is 10.6 Å². The lowest BCUT2D eigenvalue weighted by atomic mass is 10.1. The third-order valence-electron chi connectivity index (χ3n) is 3.95. The number of hydrogen-bond acceptors (Lipinski definition) is 3. The van der Waals surface area contributed by atoms with Gasteiger partial charge in [0, 0.05) is 7.05 Å². The first-order valence-electron chi connectivity index (χ1n) is 7.07. The van der Waals surface area contributed by atoms with Gasteiger partial charge in [-0.15, -0.1) is 0 Å². The van der Waals surface area contributed by atoms with Gasteiger partial charge in [-0.3, -0.25) is 9.29 Å². The zero-order chi connectivity index (χ0) is 16.8. The van der Waals surface area contributed by atoms with Crippen LogP contribution in [0.25, 0.3) is 11.0 Å². The SMILES string of the molecule is Cc1ccc(S(=O)(=O)Nc2ccc3c(c2)[nH]c(=O)n3C)cc1C. The zero-order valence-corrected chi connectivity index (χ0v) is 13.9. The Morgan fingerprint density at radius 1 is 1.04 bits per heavy atom. The second-order valence-electron chi connectivity index (χ2n) is 5.57. The molecule has 23 heavy (non-hydrogen) atoms. The van der Waals surface area contributed by atoms with Crippen molar-refractivity contribution in [1.82, 2.24) is 9.55 Å². The third-order valence-corrected chi connectivity index (χ3v) is 5.32. The Bertz CT molecular complexity index is 1060. The van der Waals surface area contributed by atoms with Crippen molar-refractivity contribution in [2.75, 3.05) is 4.72 Å². The van der Waals surface area contributed by atoms with E-state index in [0.29, 0.717) is 16.7 Å². The first kappa shape index (κ1) is 15.4. The van der Waals surface area contributed by atoms with Crippen LogP contribution in [0.1, 0.15) is 11.1 Å². The summed E-state index contributed by atoms with van der Waals surface area (Å²) in [4.78, 5) is 14.5. The fourth-order valence-corrected chi connectivity index (χ4v) is 3.53. The quantitative estimate of drug-likeness (QED) is 0.772. The van der Waals surface area contributed by atoms with Gasteiger partial charge in [0.2, 0.25) is 0 Å². The molecule has 0 unspecified atom stereocenters. The van der Waals surface area contributed by atoms with Crippen molar-refractivity contribution in [2.45, 2.75) is 18.7 Å². The van der Waals surface area contributed by atoms with Gasteiger partial charge in [0.25, 0.3) is 10.0 Å². The molecule has 2 aromatic carbocycles. The minimum absolute atomic E-state index is 0.210. The molecular formula is C16H17N3O3S. The number of imidazole rings is 1. The molecule has 3 aromatic rings. The lowest BCUT2D eigenvalue weighted by Gasteiger charge is -2.10. The zero-order valence-electron chi connectivity index (χ0n) is 13.0. The number of aryl methyl sites for hydroxylation is 3. The normalized spacial score (nSPS) is 11.8. The van der Waals surface area contributed by atoms with Gasteiger partial charge in [0.15, 0.2) is 0 Å². The van der Waals surface area contributed by atoms with Crippen LogP contribution >= 0.6 is 0 Å². The number of benzene rings is 2. The number of anilines is 1. The maximum absolute atomic E-state index is 12.5. The standard InChI is InChI=1S/C16H17N3O3S/c1-10-4-6-13(8-11(10)2)23(21,22)18-12-5-7-15-14(9-12)17-16(20)19(15)3/h4-9,18H,1-3H3,(H,17,20). The van der Waals surface area contributed by atoms with Crippen LogP contribution in [0.3, 0.4) is 0 Å². The van der Waals surface area contributed by atoms with E-state index in [4.69, 9.17) is 0 Å². The highest BCUT2D eigenvalue weighted by atomic mass is 32.2. The Balaban J connectivity index is 1.99. The lowest BCUT2D eigenvalue weighted by molar-refractivity contribution is 0.601. The molecule has 0 bridgehead atoms. The van der Waals surface area contributed by atoms with Crippen LogP contribution in [0.2, 0.25) is 0 Å². The van der Waals surface area contributed by atoms with Crippen LogP contribution in [-0.2, 0) is 17.1 Å². The van der Waals surface area contributed by atoms with E-state index in [1.54, 1.807) is 43.4 Å². The van der Waals surface area contributed by atoms with Gasteiger partial charge in [-0.1, -0.05) is 6.07 Å².